The molecule has 0 heterocycles. The quantitative estimate of drug-likeness (QED) is 0.780. The van der Waals surface area contributed by atoms with Crippen molar-refractivity contribution in [1.82, 2.24) is 5.32 Å². The second-order valence-corrected chi connectivity index (χ2v) is 3.98. The number of halogens is 1. The van der Waals surface area contributed by atoms with Crippen LogP contribution in [0.2, 0.25) is 0 Å². The zero-order valence-electron chi connectivity index (χ0n) is 9.96. The summed E-state index contributed by atoms with van der Waals surface area (Å²) in [7, 11) is 0. The summed E-state index contributed by atoms with van der Waals surface area (Å²) in [5.41, 5.74) is 1.38. The van der Waals surface area contributed by atoms with Crippen molar-refractivity contribution in [2.75, 3.05) is 0 Å². The molecule has 2 N–H and O–H groups in total. The van der Waals surface area contributed by atoms with Gasteiger partial charge in [0, 0.05) is 18.2 Å². The highest BCUT2D eigenvalue weighted by molar-refractivity contribution is 5.24. The predicted molar refractivity (Wildman–Crippen MR) is 63.5 cm³/mol. The molecule has 0 atom stereocenters. The summed E-state index contributed by atoms with van der Waals surface area (Å²) >= 11 is 0. The van der Waals surface area contributed by atoms with Crippen molar-refractivity contribution in [2.45, 2.75) is 45.9 Å². The monoisotopic (exact) mass is 225 g/mol. The van der Waals surface area contributed by atoms with Gasteiger partial charge >= 0.3 is 0 Å². The van der Waals surface area contributed by atoms with Gasteiger partial charge in [-0.25, -0.2) is 4.39 Å². The van der Waals surface area contributed by atoms with Crippen molar-refractivity contribution in [3.8, 4) is 0 Å². The van der Waals surface area contributed by atoms with Crippen molar-refractivity contribution < 1.29 is 9.50 Å². The van der Waals surface area contributed by atoms with E-state index in [-0.39, 0.29) is 12.4 Å². The van der Waals surface area contributed by atoms with E-state index < -0.39 is 0 Å². The third kappa shape index (κ3) is 3.58. The molecule has 0 aromatic heterocycles. The number of aliphatic hydroxyl groups excluding tert-OH is 1. The molecule has 1 aromatic rings. The first-order chi connectivity index (χ1) is 7.71. The van der Waals surface area contributed by atoms with Gasteiger partial charge in [0.1, 0.15) is 5.82 Å². The maximum Gasteiger partial charge on any atom is 0.128 e. The summed E-state index contributed by atoms with van der Waals surface area (Å²) in [6, 6.07) is 5.38. The Bertz CT molecular complexity index is 324. The van der Waals surface area contributed by atoms with Gasteiger partial charge in [0.25, 0.3) is 0 Å². The van der Waals surface area contributed by atoms with E-state index >= 15 is 0 Å². The maximum atomic E-state index is 13.1. The molecule has 0 aliphatic carbocycles. The van der Waals surface area contributed by atoms with Crippen molar-refractivity contribution in [3.63, 3.8) is 0 Å². The van der Waals surface area contributed by atoms with Crippen LogP contribution in [0, 0.1) is 5.82 Å². The molecule has 0 unspecified atom stereocenters. The van der Waals surface area contributed by atoms with Crippen LogP contribution in [0.3, 0.4) is 0 Å². The molecular weight excluding hydrogens is 205 g/mol. The third-order valence-electron chi connectivity index (χ3n) is 2.86. The van der Waals surface area contributed by atoms with Gasteiger partial charge in [0.2, 0.25) is 0 Å². The summed E-state index contributed by atoms with van der Waals surface area (Å²) in [6.45, 7) is 4.76. The summed E-state index contributed by atoms with van der Waals surface area (Å²) in [4.78, 5) is 0. The van der Waals surface area contributed by atoms with Crippen LogP contribution in [-0.2, 0) is 13.2 Å². The lowest BCUT2D eigenvalue weighted by molar-refractivity contribution is 0.275. The molecule has 0 fully saturated rings. The second-order valence-electron chi connectivity index (χ2n) is 3.98. The number of hydrogen-bond acceptors (Lipinski definition) is 2. The van der Waals surface area contributed by atoms with Crippen LogP contribution in [0.25, 0.3) is 0 Å². The van der Waals surface area contributed by atoms with Crippen molar-refractivity contribution in [3.05, 3.63) is 35.1 Å². The van der Waals surface area contributed by atoms with Crippen LogP contribution >= 0.6 is 0 Å². The zero-order valence-corrected chi connectivity index (χ0v) is 9.96. The minimum absolute atomic E-state index is 0.245. The molecule has 1 rings (SSSR count). The number of hydrogen-bond donors (Lipinski definition) is 2. The summed E-state index contributed by atoms with van der Waals surface area (Å²) in [5, 5.41) is 12.4. The fraction of sp³-hybridized carbons (Fsp3) is 0.538. The van der Waals surface area contributed by atoms with Crippen LogP contribution in [0.15, 0.2) is 18.2 Å². The van der Waals surface area contributed by atoms with Gasteiger partial charge in [-0.2, -0.15) is 0 Å². The average Bonchev–Trinajstić information content (AvgIpc) is 2.32. The number of nitrogens with one attached hydrogen (secondary N) is 1. The number of rotatable bonds is 6. The van der Waals surface area contributed by atoms with Crippen LogP contribution < -0.4 is 5.32 Å². The molecule has 0 spiro atoms. The Balaban J connectivity index is 2.60. The highest BCUT2D eigenvalue weighted by Crippen LogP contribution is 2.11. The molecule has 0 bridgehead atoms. The molecule has 1 aromatic carbocycles. The van der Waals surface area contributed by atoms with E-state index in [1.54, 1.807) is 12.1 Å². The van der Waals surface area contributed by atoms with Gasteiger partial charge in [-0.05, 0) is 30.5 Å². The predicted octanol–water partition coefficient (Wildman–Crippen LogP) is 2.60. The second kappa shape index (κ2) is 6.61. The minimum Gasteiger partial charge on any atom is -0.392 e. The first-order valence-electron chi connectivity index (χ1n) is 5.82. The summed E-state index contributed by atoms with van der Waals surface area (Å²) < 4.78 is 13.1. The van der Waals surface area contributed by atoms with Crippen LogP contribution in [0.4, 0.5) is 4.39 Å². The molecule has 3 heteroatoms. The van der Waals surface area contributed by atoms with Crippen LogP contribution in [-0.4, -0.2) is 11.1 Å². The maximum absolute atomic E-state index is 13.1. The van der Waals surface area contributed by atoms with Gasteiger partial charge in [-0.15, -0.1) is 0 Å². The SMILES string of the molecule is CCC(CC)NCc1ccc(F)c(CO)c1. The molecule has 16 heavy (non-hydrogen) atoms. The molecule has 0 amide bonds. The molecule has 0 saturated carbocycles. The van der Waals surface area contributed by atoms with Crippen molar-refractivity contribution in [2.24, 2.45) is 0 Å². The zero-order chi connectivity index (χ0) is 12.0. The van der Waals surface area contributed by atoms with E-state index in [9.17, 15) is 4.39 Å². The Morgan fingerprint density at radius 1 is 1.31 bits per heavy atom. The first-order valence-corrected chi connectivity index (χ1v) is 5.82. The van der Waals surface area contributed by atoms with Crippen molar-refractivity contribution in [1.29, 1.82) is 0 Å². The van der Waals surface area contributed by atoms with Gasteiger partial charge in [0.05, 0.1) is 6.61 Å². The fourth-order valence-electron chi connectivity index (χ4n) is 1.70. The smallest absolute Gasteiger partial charge is 0.128 e. The molecule has 2 nitrogen and oxygen atoms in total. The van der Waals surface area contributed by atoms with E-state index in [4.69, 9.17) is 5.11 Å². The molecular formula is C13H20FNO. The Hall–Kier alpha value is -0.930. The normalized spacial score (nSPS) is 11.1. The Labute approximate surface area is 96.5 Å². The Morgan fingerprint density at radius 2 is 2.00 bits per heavy atom. The lowest BCUT2D eigenvalue weighted by Crippen LogP contribution is -2.27. The molecule has 0 aliphatic rings. The Kier molecular flexibility index (Phi) is 5.43. The van der Waals surface area contributed by atoms with Gasteiger partial charge in [0.15, 0.2) is 0 Å². The topological polar surface area (TPSA) is 32.3 Å². The van der Waals surface area contributed by atoms with Crippen LogP contribution in [0.1, 0.15) is 37.8 Å². The summed E-state index contributed by atoms with van der Waals surface area (Å²) in [5.74, 6) is -0.339. The average molecular weight is 225 g/mol. The standard InChI is InChI=1S/C13H20FNO/c1-3-12(4-2)15-8-10-5-6-13(14)11(7-10)9-16/h5-7,12,15-16H,3-4,8-9H2,1-2H3. The fourth-order valence-corrected chi connectivity index (χ4v) is 1.70. The van der Waals surface area contributed by atoms with E-state index in [0.29, 0.717) is 11.6 Å². The van der Waals surface area contributed by atoms with E-state index in [1.807, 2.05) is 0 Å². The lowest BCUT2D eigenvalue weighted by Gasteiger charge is -2.15. The molecule has 90 valence electrons. The third-order valence-corrected chi connectivity index (χ3v) is 2.86. The van der Waals surface area contributed by atoms with Crippen LogP contribution in [0.5, 0.6) is 0 Å². The highest BCUT2D eigenvalue weighted by atomic mass is 19.1. The lowest BCUT2D eigenvalue weighted by atomic mass is 10.1. The van der Waals surface area contributed by atoms with Gasteiger partial charge in [-0.1, -0.05) is 19.9 Å². The van der Waals surface area contributed by atoms with Crippen molar-refractivity contribution >= 4 is 0 Å². The van der Waals surface area contributed by atoms with E-state index in [2.05, 4.69) is 19.2 Å². The molecule has 0 saturated heterocycles. The number of benzene rings is 1. The Morgan fingerprint density at radius 3 is 2.56 bits per heavy atom. The molecule has 0 aliphatic heterocycles. The molecule has 0 radical (unpaired) electrons. The van der Waals surface area contributed by atoms with Gasteiger partial charge < -0.3 is 10.4 Å². The van der Waals surface area contributed by atoms with Gasteiger partial charge in [-0.3, -0.25) is 0 Å². The number of aliphatic hydroxyl groups is 1. The highest BCUT2D eigenvalue weighted by Gasteiger charge is 2.05. The largest absolute Gasteiger partial charge is 0.392 e. The minimum atomic E-state index is -0.339. The van der Waals surface area contributed by atoms with E-state index in [0.717, 1.165) is 24.9 Å². The van der Waals surface area contributed by atoms with E-state index in [1.165, 1.54) is 6.07 Å². The first kappa shape index (κ1) is 13.1. The summed E-state index contributed by atoms with van der Waals surface area (Å²) in [6.07, 6.45) is 2.18.